The first-order valence-corrected chi connectivity index (χ1v) is 8.17. The molecule has 0 atom stereocenters. The molecule has 0 spiro atoms. The summed E-state index contributed by atoms with van der Waals surface area (Å²) in [4.78, 5) is 16.9. The highest BCUT2D eigenvalue weighted by molar-refractivity contribution is 6.02. The van der Waals surface area contributed by atoms with Crippen molar-refractivity contribution in [1.29, 1.82) is 0 Å². The number of hydrogen-bond donors (Lipinski definition) is 2. The zero-order valence-corrected chi connectivity index (χ0v) is 14.6. The van der Waals surface area contributed by atoms with Crippen molar-refractivity contribution in [2.24, 2.45) is 5.10 Å². The zero-order valence-electron chi connectivity index (χ0n) is 14.6. The van der Waals surface area contributed by atoms with Gasteiger partial charge in [0.1, 0.15) is 5.82 Å². The fourth-order valence-electron chi connectivity index (χ4n) is 2.82. The molecule has 2 aromatic carbocycles. The number of rotatable bonds is 4. The average molecular weight is 335 g/mol. The minimum Gasteiger partial charge on any atom is -0.399 e. The lowest BCUT2D eigenvalue weighted by Crippen LogP contribution is -2.19. The van der Waals surface area contributed by atoms with E-state index in [1.807, 2.05) is 44.2 Å². The fraction of sp³-hybridized carbons (Fsp3) is 0.211. The van der Waals surface area contributed by atoms with Gasteiger partial charge in [0.2, 0.25) is 0 Å². The summed E-state index contributed by atoms with van der Waals surface area (Å²) in [7, 11) is 0. The standard InChI is InChI=1S/C19H21N5O/c1-4-24-13(3)21-17-11-15(8-9-18(17)24)19(25)23-22-12(2)14-6-5-7-16(20)10-14/h5-11H,4,20H2,1-3H3,(H,23,25)/b22-12-. The molecule has 0 aliphatic rings. The van der Waals surface area contributed by atoms with Crippen LogP contribution in [0.25, 0.3) is 11.0 Å². The van der Waals surface area contributed by atoms with Crippen LogP contribution in [0, 0.1) is 6.92 Å². The summed E-state index contributed by atoms with van der Waals surface area (Å²) in [6.07, 6.45) is 0. The third-order valence-electron chi connectivity index (χ3n) is 4.15. The van der Waals surface area contributed by atoms with Crippen LogP contribution in [0.15, 0.2) is 47.6 Å². The summed E-state index contributed by atoms with van der Waals surface area (Å²) in [6, 6.07) is 12.9. The van der Waals surface area contributed by atoms with E-state index in [1.165, 1.54) is 0 Å². The molecule has 25 heavy (non-hydrogen) atoms. The second-order valence-electron chi connectivity index (χ2n) is 5.87. The summed E-state index contributed by atoms with van der Waals surface area (Å²) >= 11 is 0. The van der Waals surface area contributed by atoms with Gasteiger partial charge in [0.15, 0.2) is 0 Å². The molecular formula is C19H21N5O. The smallest absolute Gasteiger partial charge is 0.271 e. The van der Waals surface area contributed by atoms with Crippen LogP contribution in [0.1, 0.15) is 35.6 Å². The zero-order chi connectivity index (χ0) is 18.0. The number of carbonyl (C=O) groups is 1. The number of imidazole rings is 1. The quantitative estimate of drug-likeness (QED) is 0.436. The van der Waals surface area contributed by atoms with Crippen molar-refractivity contribution in [3.05, 3.63) is 59.4 Å². The number of benzene rings is 2. The number of fused-ring (bicyclic) bond motifs is 1. The normalized spacial score (nSPS) is 11.7. The predicted octanol–water partition coefficient (Wildman–Crippen LogP) is 3.10. The van der Waals surface area contributed by atoms with Crippen LogP contribution in [-0.4, -0.2) is 21.2 Å². The van der Waals surface area contributed by atoms with Gasteiger partial charge in [-0.05, 0) is 56.7 Å². The SMILES string of the molecule is CCn1c(C)nc2cc(C(=O)N/N=C(/C)c3cccc(N)c3)ccc21. The number of amides is 1. The maximum Gasteiger partial charge on any atom is 0.271 e. The molecule has 0 bridgehead atoms. The maximum atomic E-state index is 12.4. The first-order chi connectivity index (χ1) is 12.0. The highest BCUT2D eigenvalue weighted by Gasteiger charge is 2.10. The number of aryl methyl sites for hydroxylation is 2. The van der Waals surface area contributed by atoms with E-state index in [-0.39, 0.29) is 5.91 Å². The van der Waals surface area contributed by atoms with Gasteiger partial charge in [-0.2, -0.15) is 5.10 Å². The van der Waals surface area contributed by atoms with E-state index in [4.69, 9.17) is 5.73 Å². The molecule has 0 saturated heterocycles. The second kappa shape index (κ2) is 6.76. The molecule has 6 nitrogen and oxygen atoms in total. The van der Waals surface area contributed by atoms with Crippen molar-refractivity contribution in [1.82, 2.24) is 15.0 Å². The van der Waals surface area contributed by atoms with Gasteiger partial charge in [-0.3, -0.25) is 4.79 Å². The summed E-state index contributed by atoms with van der Waals surface area (Å²) in [6.45, 7) is 6.70. The first kappa shape index (κ1) is 16.7. The summed E-state index contributed by atoms with van der Waals surface area (Å²) < 4.78 is 2.11. The molecule has 1 aromatic heterocycles. The van der Waals surface area contributed by atoms with Gasteiger partial charge in [-0.1, -0.05) is 12.1 Å². The molecule has 3 aromatic rings. The Labute approximate surface area is 146 Å². The van der Waals surface area contributed by atoms with E-state index in [9.17, 15) is 4.79 Å². The summed E-state index contributed by atoms with van der Waals surface area (Å²) in [5, 5.41) is 4.17. The lowest BCUT2D eigenvalue weighted by molar-refractivity contribution is 0.0955. The number of nitrogen functional groups attached to an aromatic ring is 1. The van der Waals surface area contributed by atoms with Crippen LogP contribution in [0.4, 0.5) is 5.69 Å². The molecule has 3 N–H and O–H groups in total. The number of carbonyl (C=O) groups excluding carboxylic acids is 1. The Hall–Kier alpha value is -3.15. The van der Waals surface area contributed by atoms with Gasteiger partial charge < -0.3 is 10.3 Å². The van der Waals surface area contributed by atoms with Gasteiger partial charge in [-0.15, -0.1) is 0 Å². The van der Waals surface area contributed by atoms with E-state index in [1.54, 1.807) is 12.1 Å². The summed E-state index contributed by atoms with van der Waals surface area (Å²) in [5.41, 5.74) is 12.9. The topological polar surface area (TPSA) is 85.3 Å². The minimum atomic E-state index is -0.270. The molecule has 1 heterocycles. The Bertz CT molecular complexity index is 971. The highest BCUT2D eigenvalue weighted by atomic mass is 16.2. The Morgan fingerprint density at radius 1 is 1.24 bits per heavy atom. The Morgan fingerprint density at radius 2 is 2.04 bits per heavy atom. The molecular weight excluding hydrogens is 314 g/mol. The summed E-state index contributed by atoms with van der Waals surface area (Å²) in [5.74, 6) is 0.666. The Morgan fingerprint density at radius 3 is 2.76 bits per heavy atom. The van der Waals surface area contributed by atoms with E-state index in [2.05, 4.69) is 27.0 Å². The Kier molecular flexibility index (Phi) is 4.52. The molecule has 0 saturated carbocycles. The highest BCUT2D eigenvalue weighted by Crippen LogP contribution is 2.17. The average Bonchev–Trinajstić information content (AvgIpc) is 2.93. The molecule has 0 unspecified atom stereocenters. The fourth-order valence-corrected chi connectivity index (χ4v) is 2.82. The van der Waals surface area contributed by atoms with Gasteiger partial charge in [0.05, 0.1) is 16.7 Å². The maximum absolute atomic E-state index is 12.4. The molecule has 0 radical (unpaired) electrons. The number of nitrogens with two attached hydrogens (primary N) is 1. The van der Waals surface area contributed by atoms with Crippen molar-refractivity contribution >= 4 is 28.3 Å². The third-order valence-corrected chi connectivity index (χ3v) is 4.15. The van der Waals surface area contributed by atoms with Crippen LogP contribution < -0.4 is 11.2 Å². The molecule has 0 aliphatic heterocycles. The number of hydrazone groups is 1. The van der Waals surface area contributed by atoms with Crippen molar-refractivity contribution in [3.63, 3.8) is 0 Å². The van der Waals surface area contributed by atoms with Crippen LogP contribution >= 0.6 is 0 Å². The number of aromatic nitrogens is 2. The minimum absolute atomic E-state index is 0.270. The van der Waals surface area contributed by atoms with Gasteiger partial charge in [-0.25, -0.2) is 10.4 Å². The molecule has 3 rings (SSSR count). The van der Waals surface area contributed by atoms with Gasteiger partial charge >= 0.3 is 0 Å². The van der Waals surface area contributed by atoms with Crippen LogP contribution in [0.3, 0.4) is 0 Å². The van der Waals surface area contributed by atoms with Crippen molar-refractivity contribution < 1.29 is 4.79 Å². The Balaban J connectivity index is 1.81. The first-order valence-electron chi connectivity index (χ1n) is 8.17. The number of nitrogens with zero attached hydrogens (tertiary/aromatic N) is 3. The largest absolute Gasteiger partial charge is 0.399 e. The third kappa shape index (κ3) is 3.38. The van der Waals surface area contributed by atoms with Crippen molar-refractivity contribution in [2.75, 3.05) is 5.73 Å². The second-order valence-corrected chi connectivity index (χ2v) is 5.87. The van der Waals surface area contributed by atoms with Crippen LogP contribution in [0.2, 0.25) is 0 Å². The number of hydrogen-bond acceptors (Lipinski definition) is 4. The van der Waals surface area contributed by atoms with Gasteiger partial charge in [0, 0.05) is 17.8 Å². The van der Waals surface area contributed by atoms with E-state index >= 15 is 0 Å². The van der Waals surface area contributed by atoms with Crippen molar-refractivity contribution in [2.45, 2.75) is 27.3 Å². The molecule has 0 aliphatic carbocycles. The molecule has 6 heteroatoms. The molecule has 0 fully saturated rings. The van der Waals surface area contributed by atoms with E-state index < -0.39 is 0 Å². The molecule has 128 valence electrons. The predicted molar refractivity (Wildman–Crippen MR) is 101 cm³/mol. The lowest BCUT2D eigenvalue weighted by atomic mass is 10.1. The van der Waals surface area contributed by atoms with Crippen LogP contribution in [0.5, 0.6) is 0 Å². The van der Waals surface area contributed by atoms with Gasteiger partial charge in [0.25, 0.3) is 5.91 Å². The number of anilines is 1. The van der Waals surface area contributed by atoms with E-state index in [0.29, 0.717) is 17.0 Å². The lowest BCUT2D eigenvalue weighted by Gasteiger charge is -2.05. The van der Waals surface area contributed by atoms with E-state index in [0.717, 1.165) is 29.0 Å². The van der Waals surface area contributed by atoms with Crippen LogP contribution in [-0.2, 0) is 6.54 Å². The molecule has 1 amide bonds. The van der Waals surface area contributed by atoms with Crippen molar-refractivity contribution in [3.8, 4) is 0 Å². The monoisotopic (exact) mass is 335 g/mol. The number of nitrogens with one attached hydrogen (secondary N) is 1.